The molecule has 0 saturated heterocycles. The predicted molar refractivity (Wildman–Crippen MR) is 70.2 cm³/mol. The molecule has 100 valence electrons. The zero-order chi connectivity index (χ0) is 13.4. The van der Waals surface area contributed by atoms with Crippen LogP contribution in [0.4, 0.5) is 0 Å². The van der Waals surface area contributed by atoms with Crippen LogP contribution < -0.4 is 5.73 Å². The van der Waals surface area contributed by atoms with E-state index in [1.807, 2.05) is 37.3 Å². The Balaban J connectivity index is 2.37. The van der Waals surface area contributed by atoms with Crippen molar-refractivity contribution in [2.45, 2.75) is 32.4 Å². The second kappa shape index (κ2) is 7.84. The zero-order valence-electron chi connectivity index (χ0n) is 11.0. The second-order valence-corrected chi connectivity index (χ2v) is 4.20. The van der Waals surface area contributed by atoms with E-state index in [1.54, 1.807) is 6.92 Å². The molecule has 2 atom stereocenters. The van der Waals surface area contributed by atoms with Crippen LogP contribution in [-0.4, -0.2) is 31.3 Å². The number of hydrogen-bond acceptors (Lipinski definition) is 4. The fourth-order valence-electron chi connectivity index (χ4n) is 1.55. The highest BCUT2D eigenvalue weighted by molar-refractivity contribution is 5.76. The monoisotopic (exact) mass is 251 g/mol. The fraction of sp³-hybridized carbons (Fsp3) is 0.500. The summed E-state index contributed by atoms with van der Waals surface area (Å²) in [5, 5.41) is 0. The maximum absolute atomic E-state index is 11.7. The van der Waals surface area contributed by atoms with Crippen LogP contribution in [0.15, 0.2) is 30.3 Å². The Labute approximate surface area is 108 Å². The van der Waals surface area contributed by atoms with Gasteiger partial charge in [-0.1, -0.05) is 30.3 Å². The molecule has 2 N–H and O–H groups in total. The summed E-state index contributed by atoms with van der Waals surface area (Å²) >= 11 is 0. The summed E-state index contributed by atoms with van der Waals surface area (Å²) < 4.78 is 10.4. The van der Waals surface area contributed by atoms with Crippen LogP contribution in [0.2, 0.25) is 0 Å². The normalized spacial score (nSPS) is 13.9. The van der Waals surface area contributed by atoms with Crippen LogP contribution in [0, 0.1) is 0 Å². The summed E-state index contributed by atoms with van der Waals surface area (Å²) in [5.41, 5.74) is 6.84. The minimum absolute atomic E-state index is 0.265. The van der Waals surface area contributed by atoms with Crippen molar-refractivity contribution in [1.29, 1.82) is 0 Å². The summed E-state index contributed by atoms with van der Waals surface area (Å²) in [4.78, 5) is 11.7. The lowest BCUT2D eigenvalue weighted by atomic mass is 10.1. The summed E-state index contributed by atoms with van der Waals surface area (Å²) in [6.45, 7) is 4.71. The Morgan fingerprint density at radius 2 is 2.00 bits per heavy atom. The van der Waals surface area contributed by atoms with E-state index >= 15 is 0 Å². The van der Waals surface area contributed by atoms with E-state index < -0.39 is 6.04 Å². The first-order chi connectivity index (χ1) is 8.63. The molecule has 0 radical (unpaired) electrons. The number of nitrogens with two attached hydrogens (primary N) is 1. The van der Waals surface area contributed by atoms with E-state index in [1.165, 1.54) is 0 Å². The molecular weight excluding hydrogens is 230 g/mol. The third-order valence-electron chi connectivity index (χ3n) is 2.48. The Morgan fingerprint density at radius 1 is 1.33 bits per heavy atom. The number of hydrogen-bond donors (Lipinski definition) is 1. The molecule has 0 aliphatic rings. The van der Waals surface area contributed by atoms with Crippen molar-refractivity contribution >= 4 is 5.97 Å². The number of rotatable bonds is 7. The lowest BCUT2D eigenvalue weighted by Crippen LogP contribution is -2.37. The molecule has 4 heteroatoms. The topological polar surface area (TPSA) is 61.5 Å². The summed E-state index contributed by atoms with van der Waals surface area (Å²) in [6.07, 6.45) is 0.223. The third kappa shape index (κ3) is 5.29. The number of ether oxygens (including phenoxy) is 2. The average molecular weight is 251 g/mol. The first-order valence-electron chi connectivity index (χ1n) is 6.21. The molecule has 0 spiro atoms. The van der Waals surface area contributed by atoms with Gasteiger partial charge in [0.25, 0.3) is 0 Å². The van der Waals surface area contributed by atoms with E-state index in [2.05, 4.69) is 0 Å². The molecule has 1 aromatic rings. The summed E-state index contributed by atoms with van der Waals surface area (Å²) in [7, 11) is 0. The van der Waals surface area contributed by atoms with Crippen LogP contribution in [0.25, 0.3) is 0 Å². The fourth-order valence-corrected chi connectivity index (χ4v) is 1.55. The molecule has 0 aromatic heterocycles. The molecule has 4 nitrogen and oxygen atoms in total. The molecule has 1 rings (SSSR count). The smallest absolute Gasteiger partial charge is 0.323 e. The Morgan fingerprint density at radius 3 is 2.61 bits per heavy atom. The van der Waals surface area contributed by atoms with Gasteiger partial charge in [0.15, 0.2) is 0 Å². The van der Waals surface area contributed by atoms with Gasteiger partial charge in [0.1, 0.15) is 12.1 Å². The predicted octanol–water partition coefficient (Wildman–Crippen LogP) is 1.52. The highest BCUT2D eigenvalue weighted by Gasteiger charge is 2.18. The molecule has 2 unspecified atom stereocenters. The highest BCUT2D eigenvalue weighted by atomic mass is 16.6. The molecular formula is C14H21NO3. The van der Waals surface area contributed by atoms with Gasteiger partial charge < -0.3 is 15.2 Å². The van der Waals surface area contributed by atoms with Gasteiger partial charge >= 0.3 is 5.97 Å². The summed E-state index contributed by atoms with van der Waals surface area (Å²) in [5.74, 6) is -0.383. The van der Waals surface area contributed by atoms with E-state index in [9.17, 15) is 4.79 Å². The van der Waals surface area contributed by atoms with Crippen molar-refractivity contribution in [2.75, 3.05) is 13.2 Å². The Hall–Kier alpha value is -1.39. The van der Waals surface area contributed by atoms with E-state index in [-0.39, 0.29) is 12.1 Å². The van der Waals surface area contributed by atoms with Crippen LogP contribution in [-0.2, 0) is 20.7 Å². The molecule has 0 aliphatic heterocycles. The van der Waals surface area contributed by atoms with Crippen LogP contribution in [0.1, 0.15) is 19.4 Å². The Bertz CT molecular complexity index is 353. The molecule has 18 heavy (non-hydrogen) atoms. The number of benzene rings is 1. The molecule has 0 aliphatic carbocycles. The van der Waals surface area contributed by atoms with Gasteiger partial charge in [-0.2, -0.15) is 0 Å². The molecule has 0 fully saturated rings. The second-order valence-electron chi connectivity index (χ2n) is 4.20. The lowest BCUT2D eigenvalue weighted by Gasteiger charge is -2.16. The van der Waals surface area contributed by atoms with Gasteiger partial charge in [-0.3, -0.25) is 4.79 Å². The van der Waals surface area contributed by atoms with Crippen LogP contribution in [0.5, 0.6) is 0 Å². The maximum Gasteiger partial charge on any atom is 0.323 e. The van der Waals surface area contributed by atoms with Gasteiger partial charge in [0, 0.05) is 6.61 Å². The molecule has 1 aromatic carbocycles. The standard InChI is InChI=1S/C14H21NO3/c1-3-17-10-11(2)18-14(16)13(15)9-12-7-5-4-6-8-12/h4-8,11,13H,3,9-10,15H2,1-2H3. The van der Waals surface area contributed by atoms with Crippen molar-refractivity contribution in [3.05, 3.63) is 35.9 Å². The first-order valence-corrected chi connectivity index (χ1v) is 6.21. The third-order valence-corrected chi connectivity index (χ3v) is 2.48. The largest absolute Gasteiger partial charge is 0.459 e. The number of carbonyl (C=O) groups is 1. The summed E-state index contributed by atoms with van der Waals surface area (Å²) in [6, 6.07) is 9.03. The van der Waals surface area contributed by atoms with Crippen molar-refractivity contribution < 1.29 is 14.3 Å². The van der Waals surface area contributed by atoms with Gasteiger partial charge in [-0.25, -0.2) is 0 Å². The SMILES string of the molecule is CCOCC(C)OC(=O)C(N)Cc1ccccc1. The molecule has 0 saturated carbocycles. The van der Waals surface area contributed by atoms with Gasteiger partial charge in [0.2, 0.25) is 0 Å². The van der Waals surface area contributed by atoms with E-state index in [4.69, 9.17) is 15.2 Å². The van der Waals surface area contributed by atoms with E-state index in [0.717, 1.165) is 5.56 Å². The highest BCUT2D eigenvalue weighted by Crippen LogP contribution is 2.04. The average Bonchev–Trinajstić information content (AvgIpc) is 2.37. The number of carbonyl (C=O) groups excluding carboxylic acids is 1. The molecule has 0 heterocycles. The Kier molecular flexibility index (Phi) is 6.39. The van der Waals surface area contributed by atoms with E-state index in [0.29, 0.717) is 19.6 Å². The number of esters is 1. The zero-order valence-corrected chi connectivity index (χ0v) is 11.0. The van der Waals surface area contributed by atoms with Gasteiger partial charge in [-0.15, -0.1) is 0 Å². The molecule has 0 amide bonds. The minimum atomic E-state index is -0.628. The van der Waals surface area contributed by atoms with Crippen molar-refractivity contribution in [2.24, 2.45) is 5.73 Å². The van der Waals surface area contributed by atoms with Crippen molar-refractivity contribution in [1.82, 2.24) is 0 Å². The minimum Gasteiger partial charge on any atom is -0.459 e. The quantitative estimate of drug-likeness (QED) is 0.746. The first kappa shape index (κ1) is 14.7. The van der Waals surface area contributed by atoms with Gasteiger partial charge in [-0.05, 0) is 25.8 Å². The maximum atomic E-state index is 11.7. The lowest BCUT2D eigenvalue weighted by molar-refractivity contribution is -0.152. The van der Waals surface area contributed by atoms with Gasteiger partial charge in [0.05, 0.1) is 6.61 Å². The molecule has 0 bridgehead atoms. The van der Waals surface area contributed by atoms with Crippen molar-refractivity contribution in [3.8, 4) is 0 Å². The van der Waals surface area contributed by atoms with Crippen LogP contribution in [0.3, 0.4) is 0 Å². The van der Waals surface area contributed by atoms with Crippen LogP contribution >= 0.6 is 0 Å². The van der Waals surface area contributed by atoms with Crippen molar-refractivity contribution in [3.63, 3.8) is 0 Å².